The van der Waals surface area contributed by atoms with Crippen molar-refractivity contribution in [2.75, 3.05) is 32.7 Å². The van der Waals surface area contributed by atoms with Gasteiger partial charge >= 0.3 is 6.03 Å². The second kappa shape index (κ2) is 6.23. The third kappa shape index (κ3) is 3.37. The molecule has 0 bridgehead atoms. The van der Waals surface area contributed by atoms with Gasteiger partial charge in [0.25, 0.3) is 0 Å². The molecule has 3 amide bonds. The number of carbonyl (C=O) groups excluding carboxylic acids is 2. The van der Waals surface area contributed by atoms with Crippen LogP contribution in [-0.2, 0) is 4.79 Å². The summed E-state index contributed by atoms with van der Waals surface area (Å²) >= 11 is 0. The van der Waals surface area contributed by atoms with E-state index in [0.717, 1.165) is 39.0 Å². The quantitative estimate of drug-likeness (QED) is 0.741. The summed E-state index contributed by atoms with van der Waals surface area (Å²) in [5, 5.41) is 6.11. The number of piperazine rings is 1. The highest BCUT2D eigenvalue weighted by Crippen LogP contribution is 2.19. The van der Waals surface area contributed by atoms with Crippen LogP contribution < -0.4 is 10.6 Å². The topological polar surface area (TPSA) is 64.7 Å². The molecule has 2 fully saturated rings. The number of hydrogen-bond donors (Lipinski definition) is 2. The maximum Gasteiger partial charge on any atom is 0.318 e. The third-order valence-electron chi connectivity index (χ3n) is 3.64. The summed E-state index contributed by atoms with van der Waals surface area (Å²) in [5.41, 5.74) is 0. The molecule has 0 spiro atoms. The predicted molar refractivity (Wildman–Crippen MR) is 72.8 cm³/mol. The highest BCUT2D eigenvalue weighted by atomic mass is 16.2. The van der Waals surface area contributed by atoms with Crippen LogP contribution in [0.1, 0.15) is 26.7 Å². The average molecular weight is 268 g/mol. The fourth-order valence-electron chi connectivity index (χ4n) is 2.69. The maximum atomic E-state index is 12.5. The standard InChI is InChI=1S/C13H24N4O2/c1-10(2)15-13(19)17-7-3-4-11(17)12(18)16-8-5-14-6-9-16/h10-11,14H,3-9H2,1-2H3,(H,15,19). The normalized spacial score (nSPS) is 23.8. The molecular formula is C13H24N4O2. The van der Waals surface area contributed by atoms with E-state index in [1.165, 1.54) is 0 Å². The SMILES string of the molecule is CC(C)NC(=O)N1CCCC1C(=O)N1CCNCC1. The van der Waals surface area contributed by atoms with Crippen molar-refractivity contribution >= 4 is 11.9 Å². The number of carbonyl (C=O) groups is 2. The molecular weight excluding hydrogens is 244 g/mol. The van der Waals surface area contributed by atoms with Crippen LogP contribution in [0.25, 0.3) is 0 Å². The van der Waals surface area contributed by atoms with Gasteiger partial charge in [-0.3, -0.25) is 4.79 Å². The van der Waals surface area contributed by atoms with Crippen molar-refractivity contribution < 1.29 is 9.59 Å². The Balaban J connectivity index is 1.97. The van der Waals surface area contributed by atoms with Crippen LogP contribution in [0.15, 0.2) is 0 Å². The van der Waals surface area contributed by atoms with E-state index in [4.69, 9.17) is 0 Å². The van der Waals surface area contributed by atoms with E-state index in [9.17, 15) is 9.59 Å². The lowest BCUT2D eigenvalue weighted by molar-refractivity contribution is -0.135. The van der Waals surface area contributed by atoms with Gasteiger partial charge in [-0.25, -0.2) is 4.79 Å². The Labute approximate surface area is 114 Å². The van der Waals surface area contributed by atoms with E-state index in [-0.39, 0.29) is 24.0 Å². The van der Waals surface area contributed by atoms with Gasteiger partial charge in [0.05, 0.1) is 0 Å². The number of amides is 3. The van der Waals surface area contributed by atoms with Crippen LogP contribution in [-0.4, -0.2) is 66.5 Å². The first-order valence-electron chi connectivity index (χ1n) is 7.16. The lowest BCUT2D eigenvalue weighted by atomic mass is 10.2. The number of likely N-dealkylation sites (tertiary alicyclic amines) is 1. The highest BCUT2D eigenvalue weighted by Gasteiger charge is 2.36. The second-order valence-corrected chi connectivity index (χ2v) is 5.53. The molecule has 0 saturated carbocycles. The van der Waals surface area contributed by atoms with Crippen LogP contribution in [0.3, 0.4) is 0 Å². The van der Waals surface area contributed by atoms with Crippen molar-refractivity contribution in [3.05, 3.63) is 0 Å². The summed E-state index contributed by atoms with van der Waals surface area (Å²) in [4.78, 5) is 28.1. The predicted octanol–water partition coefficient (Wildman–Crippen LogP) is 0.000600. The molecule has 6 heteroatoms. The van der Waals surface area contributed by atoms with Gasteiger partial charge < -0.3 is 20.4 Å². The molecule has 2 N–H and O–H groups in total. The van der Waals surface area contributed by atoms with Crippen LogP contribution in [0.5, 0.6) is 0 Å². The van der Waals surface area contributed by atoms with Crippen molar-refractivity contribution in [3.63, 3.8) is 0 Å². The Morgan fingerprint density at radius 1 is 1.21 bits per heavy atom. The Kier molecular flexibility index (Phi) is 4.63. The van der Waals surface area contributed by atoms with Gasteiger partial charge in [0.1, 0.15) is 6.04 Å². The molecule has 0 aromatic heterocycles. The molecule has 19 heavy (non-hydrogen) atoms. The average Bonchev–Trinajstić information content (AvgIpc) is 2.87. The van der Waals surface area contributed by atoms with E-state index in [0.29, 0.717) is 6.54 Å². The number of hydrogen-bond acceptors (Lipinski definition) is 3. The molecule has 6 nitrogen and oxygen atoms in total. The number of nitrogens with one attached hydrogen (secondary N) is 2. The molecule has 2 aliphatic heterocycles. The summed E-state index contributed by atoms with van der Waals surface area (Å²) < 4.78 is 0. The molecule has 0 aromatic rings. The summed E-state index contributed by atoms with van der Waals surface area (Å²) in [6.45, 7) is 7.72. The zero-order chi connectivity index (χ0) is 13.8. The summed E-state index contributed by atoms with van der Waals surface area (Å²) in [6, 6.07) is -0.277. The van der Waals surface area contributed by atoms with Gasteiger partial charge in [0, 0.05) is 38.8 Å². The van der Waals surface area contributed by atoms with Crippen molar-refractivity contribution in [1.29, 1.82) is 0 Å². The zero-order valence-corrected chi connectivity index (χ0v) is 11.8. The number of nitrogens with zero attached hydrogens (tertiary/aromatic N) is 2. The van der Waals surface area contributed by atoms with E-state index in [2.05, 4.69) is 10.6 Å². The van der Waals surface area contributed by atoms with E-state index in [1.54, 1.807) is 4.90 Å². The highest BCUT2D eigenvalue weighted by molar-refractivity contribution is 5.87. The van der Waals surface area contributed by atoms with Gasteiger partial charge in [-0.05, 0) is 26.7 Å². The van der Waals surface area contributed by atoms with E-state index in [1.807, 2.05) is 18.7 Å². The van der Waals surface area contributed by atoms with Gasteiger partial charge in [0.15, 0.2) is 0 Å². The molecule has 0 radical (unpaired) electrons. The fraction of sp³-hybridized carbons (Fsp3) is 0.846. The molecule has 0 aromatic carbocycles. The Morgan fingerprint density at radius 2 is 1.89 bits per heavy atom. The molecule has 1 unspecified atom stereocenters. The Hall–Kier alpha value is -1.30. The molecule has 108 valence electrons. The van der Waals surface area contributed by atoms with E-state index >= 15 is 0 Å². The van der Waals surface area contributed by atoms with Crippen molar-refractivity contribution in [1.82, 2.24) is 20.4 Å². The third-order valence-corrected chi connectivity index (χ3v) is 3.64. The molecule has 2 aliphatic rings. The maximum absolute atomic E-state index is 12.5. The lowest BCUT2D eigenvalue weighted by Gasteiger charge is -2.33. The fourth-order valence-corrected chi connectivity index (χ4v) is 2.69. The molecule has 2 heterocycles. The minimum Gasteiger partial charge on any atom is -0.338 e. The van der Waals surface area contributed by atoms with Crippen molar-refractivity contribution in [2.45, 2.75) is 38.8 Å². The number of urea groups is 1. The lowest BCUT2D eigenvalue weighted by Crippen LogP contribution is -2.55. The first-order chi connectivity index (χ1) is 9.09. The molecule has 1 atom stereocenters. The van der Waals surface area contributed by atoms with Gasteiger partial charge in [-0.1, -0.05) is 0 Å². The molecule has 0 aliphatic carbocycles. The van der Waals surface area contributed by atoms with E-state index < -0.39 is 0 Å². The Morgan fingerprint density at radius 3 is 2.53 bits per heavy atom. The van der Waals surface area contributed by atoms with Crippen LogP contribution in [0.2, 0.25) is 0 Å². The monoisotopic (exact) mass is 268 g/mol. The summed E-state index contributed by atoms with van der Waals surface area (Å²) in [5.74, 6) is 0.109. The summed E-state index contributed by atoms with van der Waals surface area (Å²) in [7, 11) is 0. The smallest absolute Gasteiger partial charge is 0.318 e. The minimum absolute atomic E-state index is 0.100. The van der Waals surface area contributed by atoms with Crippen LogP contribution in [0.4, 0.5) is 4.79 Å². The van der Waals surface area contributed by atoms with Gasteiger partial charge in [-0.2, -0.15) is 0 Å². The molecule has 2 rings (SSSR count). The van der Waals surface area contributed by atoms with Crippen molar-refractivity contribution in [3.8, 4) is 0 Å². The first-order valence-corrected chi connectivity index (χ1v) is 7.16. The Bertz CT molecular complexity index is 340. The van der Waals surface area contributed by atoms with Crippen LogP contribution in [0, 0.1) is 0 Å². The van der Waals surface area contributed by atoms with Crippen molar-refractivity contribution in [2.24, 2.45) is 0 Å². The minimum atomic E-state index is -0.267. The van der Waals surface area contributed by atoms with Gasteiger partial charge in [-0.15, -0.1) is 0 Å². The van der Waals surface area contributed by atoms with Crippen LogP contribution >= 0.6 is 0 Å². The molecule has 2 saturated heterocycles. The largest absolute Gasteiger partial charge is 0.338 e. The summed E-state index contributed by atoms with van der Waals surface area (Å²) in [6.07, 6.45) is 1.70. The zero-order valence-electron chi connectivity index (χ0n) is 11.8. The second-order valence-electron chi connectivity index (χ2n) is 5.53. The first kappa shape index (κ1) is 14.1. The number of rotatable bonds is 2. The van der Waals surface area contributed by atoms with Gasteiger partial charge in [0.2, 0.25) is 5.91 Å².